The molecular formula is C15H23NO2. The first-order chi connectivity index (χ1) is 8.56. The molecule has 3 heteroatoms. The van der Waals surface area contributed by atoms with Crippen LogP contribution in [0.4, 0.5) is 0 Å². The van der Waals surface area contributed by atoms with Gasteiger partial charge in [0, 0.05) is 12.6 Å². The highest BCUT2D eigenvalue weighted by molar-refractivity contribution is 5.43. The van der Waals surface area contributed by atoms with Gasteiger partial charge in [0.2, 0.25) is 0 Å². The Kier molecular flexibility index (Phi) is 5.72. The van der Waals surface area contributed by atoms with Crippen molar-refractivity contribution < 1.29 is 9.47 Å². The Morgan fingerprint density at radius 2 is 2.00 bits per heavy atom. The molecule has 0 aliphatic rings. The minimum Gasteiger partial charge on any atom is -0.493 e. The van der Waals surface area contributed by atoms with Gasteiger partial charge in [-0.2, -0.15) is 0 Å². The monoisotopic (exact) mass is 249 g/mol. The largest absolute Gasteiger partial charge is 0.493 e. The average molecular weight is 249 g/mol. The Morgan fingerprint density at radius 3 is 2.56 bits per heavy atom. The molecule has 0 radical (unpaired) electrons. The van der Waals surface area contributed by atoms with Gasteiger partial charge in [-0.3, -0.25) is 0 Å². The van der Waals surface area contributed by atoms with Crippen molar-refractivity contribution in [1.82, 2.24) is 5.32 Å². The van der Waals surface area contributed by atoms with Gasteiger partial charge in [0.25, 0.3) is 0 Å². The van der Waals surface area contributed by atoms with E-state index in [1.165, 1.54) is 0 Å². The third-order valence-electron chi connectivity index (χ3n) is 2.57. The molecule has 0 amide bonds. The lowest BCUT2D eigenvalue weighted by Gasteiger charge is -2.15. The van der Waals surface area contributed by atoms with Crippen molar-refractivity contribution in [2.24, 2.45) is 0 Å². The molecule has 0 aliphatic heterocycles. The lowest BCUT2D eigenvalue weighted by molar-refractivity contribution is 0.230. The minimum atomic E-state index is 0.142. The fourth-order valence-corrected chi connectivity index (χ4v) is 1.54. The van der Waals surface area contributed by atoms with Crippen molar-refractivity contribution in [2.45, 2.75) is 39.5 Å². The van der Waals surface area contributed by atoms with E-state index in [1.807, 2.05) is 38.1 Å². The van der Waals surface area contributed by atoms with Crippen LogP contribution in [0.15, 0.2) is 30.9 Å². The predicted molar refractivity (Wildman–Crippen MR) is 75.3 cm³/mol. The standard InChI is InChI=1S/C15H23NO2/c1-6-12(4)16-10-13-7-8-14(18-11(2)3)15(9-13)17-5/h6-9,11-12,16H,1,10H2,2-5H3. The summed E-state index contributed by atoms with van der Waals surface area (Å²) in [5.74, 6) is 1.56. The van der Waals surface area contributed by atoms with E-state index in [4.69, 9.17) is 9.47 Å². The summed E-state index contributed by atoms with van der Waals surface area (Å²) in [5, 5.41) is 3.35. The third kappa shape index (κ3) is 4.41. The fraction of sp³-hybridized carbons (Fsp3) is 0.467. The Bertz CT molecular complexity index is 388. The predicted octanol–water partition coefficient (Wildman–Crippen LogP) is 3.15. The van der Waals surface area contributed by atoms with Crippen LogP contribution in [-0.2, 0) is 6.54 Å². The molecule has 0 saturated heterocycles. The molecule has 3 nitrogen and oxygen atoms in total. The van der Waals surface area contributed by atoms with E-state index >= 15 is 0 Å². The van der Waals surface area contributed by atoms with Crippen molar-refractivity contribution >= 4 is 0 Å². The maximum atomic E-state index is 5.68. The topological polar surface area (TPSA) is 30.5 Å². The zero-order chi connectivity index (χ0) is 13.5. The number of hydrogen-bond acceptors (Lipinski definition) is 3. The van der Waals surface area contributed by atoms with E-state index in [0.29, 0.717) is 6.04 Å². The van der Waals surface area contributed by atoms with Crippen molar-refractivity contribution in [2.75, 3.05) is 7.11 Å². The van der Waals surface area contributed by atoms with Gasteiger partial charge < -0.3 is 14.8 Å². The molecular weight excluding hydrogens is 226 g/mol. The lowest BCUT2D eigenvalue weighted by Crippen LogP contribution is -2.22. The van der Waals surface area contributed by atoms with E-state index in [0.717, 1.165) is 23.6 Å². The van der Waals surface area contributed by atoms with Crippen LogP contribution in [0, 0.1) is 0 Å². The molecule has 1 aromatic carbocycles. The second kappa shape index (κ2) is 7.07. The highest BCUT2D eigenvalue weighted by Gasteiger charge is 2.07. The zero-order valence-corrected chi connectivity index (χ0v) is 11.7. The van der Waals surface area contributed by atoms with Gasteiger partial charge in [-0.05, 0) is 38.5 Å². The molecule has 1 atom stereocenters. The first kappa shape index (κ1) is 14.6. The summed E-state index contributed by atoms with van der Waals surface area (Å²) >= 11 is 0. The second-order valence-electron chi connectivity index (χ2n) is 4.56. The second-order valence-corrected chi connectivity index (χ2v) is 4.56. The minimum absolute atomic E-state index is 0.142. The maximum Gasteiger partial charge on any atom is 0.161 e. The summed E-state index contributed by atoms with van der Waals surface area (Å²) < 4.78 is 11.0. The Hall–Kier alpha value is -1.48. The van der Waals surface area contributed by atoms with Gasteiger partial charge in [-0.25, -0.2) is 0 Å². The Balaban J connectivity index is 2.75. The highest BCUT2D eigenvalue weighted by atomic mass is 16.5. The summed E-state index contributed by atoms with van der Waals surface area (Å²) in [4.78, 5) is 0. The molecule has 1 rings (SSSR count). The van der Waals surface area contributed by atoms with Crippen LogP contribution in [-0.4, -0.2) is 19.3 Å². The van der Waals surface area contributed by atoms with E-state index in [-0.39, 0.29) is 6.10 Å². The van der Waals surface area contributed by atoms with Gasteiger partial charge in [-0.1, -0.05) is 12.1 Å². The van der Waals surface area contributed by atoms with Gasteiger partial charge in [-0.15, -0.1) is 6.58 Å². The van der Waals surface area contributed by atoms with Crippen molar-refractivity contribution in [3.05, 3.63) is 36.4 Å². The Labute approximate surface area is 110 Å². The average Bonchev–Trinajstić information content (AvgIpc) is 2.36. The van der Waals surface area contributed by atoms with Gasteiger partial charge in [0.1, 0.15) is 0 Å². The van der Waals surface area contributed by atoms with Crippen molar-refractivity contribution in [3.8, 4) is 11.5 Å². The van der Waals surface area contributed by atoms with Crippen molar-refractivity contribution in [3.63, 3.8) is 0 Å². The van der Waals surface area contributed by atoms with E-state index in [2.05, 4.69) is 18.8 Å². The molecule has 1 aromatic rings. The van der Waals surface area contributed by atoms with Gasteiger partial charge in [0.15, 0.2) is 11.5 Å². The van der Waals surface area contributed by atoms with Crippen LogP contribution >= 0.6 is 0 Å². The van der Waals surface area contributed by atoms with Crippen LogP contribution < -0.4 is 14.8 Å². The molecule has 1 unspecified atom stereocenters. The third-order valence-corrected chi connectivity index (χ3v) is 2.57. The fourth-order valence-electron chi connectivity index (χ4n) is 1.54. The van der Waals surface area contributed by atoms with Gasteiger partial charge in [0.05, 0.1) is 13.2 Å². The van der Waals surface area contributed by atoms with Gasteiger partial charge >= 0.3 is 0 Å². The molecule has 0 heterocycles. The number of nitrogens with one attached hydrogen (secondary N) is 1. The molecule has 0 aliphatic carbocycles. The number of ether oxygens (including phenoxy) is 2. The van der Waals surface area contributed by atoms with E-state index < -0.39 is 0 Å². The van der Waals surface area contributed by atoms with E-state index in [9.17, 15) is 0 Å². The van der Waals surface area contributed by atoms with E-state index in [1.54, 1.807) is 7.11 Å². The molecule has 0 aromatic heterocycles. The number of benzene rings is 1. The first-order valence-electron chi connectivity index (χ1n) is 6.26. The quantitative estimate of drug-likeness (QED) is 0.753. The summed E-state index contributed by atoms with van der Waals surface area (Å²) in [6, 6.07) is 6.29. The molecule has 1 N–H and O–H groups in total. The SMILES string of the molecule is C=CC(C)NCc1ccc(OC(C)C)c(OC)c1. The smallest absolute Gasteiger partial charge is 0.161 e. The summed E-state index contributed by atoms with van der Waals surface area (Å²) in [5.41, 5.74) is 1.16. The van der Waals surface area contributed by atoms with Crippen LogP contribution in [0.2, 0.25) is 0 Å². The molecule has 18 heavy (non-hydrogen) atoms. The van der Waals surface area contributed by atoms with Crippen LogP contribution in [0.25, 0.3) is 0 Å². The summed E-state index contributed by atoms with van der Waals surface area (Å²) in [6.07, 6.45) is 2.02. The molecule has 0 saturated carbocycles. The molecule has 100 valence electrons. The maximum absolute atomic E-state index is 5.68. The lowest BCUT2D eigenvalue weighted by atomic mass is 10.2. The number of hydrogen-bond donors (Lipinski definition) is 1. The Morgan fingerprint density at radius 1 is 1.28 bits per heavy atom. The van der Waals surface area contributed by atoms with Crippen molar-refractivity contribution in [1.29, 1.82) is 0 Å². The summed E-state index contributed by atoms with van der Waals surface area (Å²) in [7, 11) is 1.66. The number of methoxy groups -OCH3 is 1. The van der Waals surface area contributed by atoms with Crippen LogP contribution in [0.3, 0.4) is 0 Å². The highest BCUT2D eigenvalue weighted by Crippen LogP contribution is 2.28. The van der Waals surface area contributed by atoms with Crippen LogP contribution in [0.1, 0.15) is 26.3 Å². The zero-order valence-electron chi connectivity index (χ0n) is 11.7. The number of rotatable bonds is 7. The molecule has 0 fully saturated rings. The summed E-state index contributed by atoms with van der Waals surface area (Å²) in [6.45, 7) is 10.6. The molecule has 0 bridgehead atoms. The first-order valence-corrected chi connectivity index (χ1v) is 6.26. The van der Waals surface area contributed by atoms with Crippen LogP contribution in [0.5, 0.6) is 11.5 Å². The molecule has 0 spiro atoms. The normalized spacial score (nSPS) is 12.3.